The van der Waals surface area contributed by atoms with Gasteiger partial charge in [0.25, 0.3) is 0 Å². The minimum absolute atomic E-state index is 0.149. The first-order valence-corrected chi connectivity index (χ1v) is 10.7. The molecule has 0 unspecified atom stereocenters. The number of hydrogen-bond acceptors (Lipinski definition) is 4. The molecule has 3 aromatic rings. The number of carbonyl (C=O) groups is 2. The summed E-state index contributed by atoms with van der Waals surface area (Å²) in [4.78, 5) is 30.4. The summed E-state index contributed by atoms with van der Waals surface area (Å²) in [7, 11) is 0. The van der Waals surface area contributed by atoms with Crippen LogP contribution in [-0.4, -0.2) is 23.3 Å². The average molecular weight is 438 g/mol. The van der Waals surface area contributed by atoms with Gasteiger partial charge in [0, 0.05) is 30.3 Å². The Bertz CT molecular complexity index is 1090. The SMILES string of the molecule is CC(=O)N(c1ccccc1)c1nc(/C=C/C(=O)NCC(C)(C)c2ccccc2F)cs1. The lowest BCUT2D eigenvalue weighted by Gasteiger charge is -2.25. The van der Waals surface area contributed by atoms with Crippen molar-refractivity contribution in [3.05, 3.63) is 83.1 Å². The Balaban J connectivity index is 1.65. The van der Waals surface area contributed by atoms with Gasteiger partial charge < -0.3 is 5.32 Å². The number of carbonyl (C=O) groups excluding carboxylic acids is 2. The van der Waals surface area contributed by atoms with Gasteiger partial charge in [-0.25, -0.2) is 9.37 Å². The van der Waals surface area contributed by atoms with Crippen molar-refractivity contribution in [2.45, 2.75) is 26.2 Å². The molecule has 0 bridgehead atoms. The van der Waals surface area contributed by atoms with E-state index in [0.717, 1.165) is 5.69 Å². The van der Waals surface area contributed by atoms with E-state index in [-0.39, 0.29) is 24.2 Å². The predicted octanol–water partition coefficient (Wildman–Crippen LogP) is 5.07. The van der Waals surface area contributed by atoms with Gasteiger partial charge in [-0.15, -0.1) is 11.3 Å². The zero-order valence-corrected chi connectivity index (χ0v) is 18.4. The van der Waals surface area contributed by atoms with E-state index in [0.29, 0.717) is 16.4 Å². The maximum absolute atomic E-state index is 14.1. The molecule has 3 rings (SSSR count). The number of nitrogens with one attached hydrogen (secondary N) is 1. The van der Waals surface area contributed by atoms with Crippen molar-refractivity contribution in [3.63, 3.8) is 0 Å². The first-order chi connectivity index (χ1) is 14.8. The molecular formula is C24H24FN3O2S. The topological polar surface area (TPSA) is 62.3 Å². The van der Waals surface area contributed by atoms with Crippen LogP contribution in [0.15, 0.2) is 66.1 Å². The Morgan fingerprint density at radius 3 is 2.48 bits per heavy atom. The second kappa shape index (κ2) is 9.66. The van der Waals surface area contributed by atoms with Crippen molar-refractivity contribution in [3.8, 4) is 0 Å². The van der Waals surface area contributed by atoms with Gasteiger partial charge in [0.05, 0.1) is 11.4 Å². The molecule has 0 saturated carbocycles. The van der Waals surface area contributed by atoms with Crippen LogP contribution in [0.25, 0.3) is 6.08 Å². The quantitative estimate of drug-likeness (QED) is 0.525. The van der Waals surface area contributed by atoms with Gasteiger partial charge in [-0.3, -0.25) is 14.5 Å². The van der Waals surface area contributed by atoms with Crippen molar-refractivity contribution >= 4 is 40.0 Å². The molecule has 0 atom stereocenters. The summed E-state index contributed by atoms with van der Waals surface area (Å²) in [5.74, 6) is -0.740. The summed E-state index contributed by atoms with van der Waals surface area (Å²) in [5, 5.41) is 5.12. The third kappa shape index (κ3) is 5.64. The average Bonchev–Trinajstić information content (AvgIpc) is 3.20. The summed E-state index contributed by atoms with van der Waals surface area (Å²) in [6.45, 7) is 5.52. The molecule has 31 heavy (non-hydrogen) atoms. The summed E-state index contributed by atoms with van der Waals surface area (Å²) in [6.07, 6.45) is 2.98. The molecule has 0 saturated heterocycles. The number of anilines is 2. The fourth-order valence-corrected chi connectivity index (χ4v) is 3.95. The minimum atomic E-state index is -0.555. The van der Waals surface area contributed by atoms with E-state index in [2.05, 4.69) is 10.3 Å². The highest BCUT2D eigenvalue weighted by Gasteiger charge is 2.24. The van der Waals surface area contributed by atoms with Crippen LogP contribution in [-0.2, 0) is 15.0 Å². The second-order valence-electron chi connectivity index (χ2n) is 7.66. The van der Waals surface area contributed by atoms with E-state index >= 15 is 0 Å². The third-order valence-electron chi connectivity index (χ3n) is 4.74. The normalized spacial score (nSPS) is 11.5. The Morgan fingerprint density at radius 1 is 1.13 bits per heavy atom. The van der Waals surface area contributed by atoms with E-state index in [1.54, 1.807) is 29.7 Å². The highest BCUT2D eigenvalue weighted by molar-refractivity contribution is 7.14. The molecular weight excluding hydrogens is 413 g/mol. The Hall–Kier alpha value is -3.32. The van der Waals surface area contributed by atoms with Gasteiger partial charge in [-0.1, -0.05) is 50.2 Å². The van der Waals surface area contributed by atoms with Crippen molar-refractivity contribution in [1.29, 1.82) is 0 Å². The number of nitrogens with zero attached hydrogens (tertiary/aromatic N) is 2. The molecule has 0 spiro atoms. The summed E-state index contributed by atoms with van der Waals surface area (Å²) < 4.78 is 14.1. The standard InChI is InChI=1S/C24H24FN3O2S/c1-17(29)28(19-9-5-4-6-10-19)23-27-18(15-31-23)13-14-22(30)26-16-24(2,3)20-11-7-8-12-21(20)25/h4-15H,16H2,1-3H3,(H,26,30)/b14-13+. The highest BCUT2D eigenvalue weighted by Crippen LogP contribution is 2.29. The molecule has 0 radical (unpaired) electrons. The first kappa shape index (κ1) is 22.4. The first-order valence-electron chi connectivity index (χ1n) is 9.80. The lowest BCUT2D eigenvalue weighted by atomic mass is 9.84. The lowest BCUT2D eigenvalue weighted by Crippen LogP contribution is -2.36. The van der Waals surface area contributed by atoms with Gasteiger partial charge in [-0.05, 0) is 29.8 Å². The highest BCUT2D eigenvalue weighted by atomic mass is 32.1. The molecule has 0 fully saturated rings. The lowest BCUT2D eigenvalue weighted by molar-refractivity contribution is -0.117. The van der Waals surface area contributed by atoms with Gasteiger partial charge in [0.2, 0.25) is 11.8 Å². The number of benzene rings is 2. The fourth-order valence-electron chi connectivity index (χ4n) is 3.09. The number of amides is 2. The van der Waals surface area contributed by atoms with Crippen LogP contribution in [0.5, 0.6) is 0 Å². The van der Waals surface area contributed by atoms with Crippen LogP contribution in [0.1, 0.15) is 32.0 Å². The van der Waals surface area contributed by atoms with Crippen molar-refractivity contribution in [2.24, 2.45) is 0 Å². The maximum atomic E-state index is 14.1. The van der Waals surface area contributed by atoms with Gasteiger partial charge in [-0.2, -0.15) is 0 Å². The second-order valence-corrected chi connectivity index (χ2v) is 8.50. The van der Waals surface area contributed by atoms with E-state index < -0.39 is 5.41 Å². The van der Waals surface area contributed by atoms with Crippen molar-refractivity contribution in [2.75, 3.05) is 11.4 Å². The molecule has 1 N–H and O–H groups in total. The molecule has 1 aromatic heterocycles. The van der Waals surface area contributed by atoms with Crippen LogP contribution in [0.2, 0.25) is 0 Å². The fraction of sp³-hybridized carbons (Fsp3) is 0.208. The van der Waals surface area contributed by atoms with E-state index in [9.17, 15) is 14.0 Å². The van der Waals surface area contributed by atoms with Crippen molar-refractivity contribution < 1.29 is 14.0 Å². The number of para-hydroxylation sites is 1. The van der Waals surface area contributed by atoms with Crippen molar-refractivity contribution in [1.82, 2.24) is 10.3 Å². The molecule has 0 aliphatic heterocycles. The Kier molecular flexibility index (Phi) is 6.97. The summed E-state index contributed by atoms with van der Waals surface area (Å²) in [5.41, 5.74) is 1.30. The van der Waals surface area contributed by atoms with Crippen LogP contribution in [0.4, 0.5) is 15.2 Å². The third-order valence-corrected chi connectivity index (χ3v) is 5.59. The smallest absolute Gasteiger partial charge is 0.244 e. The molecule has 0 aliphatic carbocycles. The van der Waals surface area contributed by atoms with E-state index in [1.807, 2.05) is 44.2 Å². The summed E-state index contributed by atoms with van der Waals surface area (Å²) in [6, 6.07) is 15.8. The van der Waals surface area contributed by atoms with Crippen LogP contribution < -0.4 is 10.2 Å². The number of halogens is 1. The zero-order chi connectivity index (χ0) is 22.4. The minimum Gasteiger partial charge on any atom is -0.352 e. The number of rotatable bonds is 7. The maximum Gasteiger partial charge on any atom is 0.244 e. The summed E-state index contributed by atoms with van der Waals surface area (Å²) >= 11 is 1.32. The van der Waals surface area contributed by atoms with Gasteiger partial charge in [0.1, 0.15) is 5.82 Å². The zero-order valence-electron chi connectivity index (χ0n) is 17.6. The van der Waals surface area contributed by atoms with Crippen LogP contribution >= 0.6 is 11.3 Å². The molecule has 5 nitrogen and oxygen atoms in total. The predicted molar refractivity (Wildman–Crippen MR) is 123 cm³/mol. The molecule has 2 amide bonds. The molecule has 7 heteroatoms. The molecule has 0 aliphatic rings. The van der Waals surface area contributed by atoms with Crippen LogP contribution in [0.3, 0.4) is 0 Å². The molecule has 2 aromatic carbocycles. The van der Waals surface area contributed by atoms with E-state index in [4.69, 9.17) is 0 Å². The van der Waals surface area contributed by atoms with Crippen LogP contribution in [0, 0.1) is 5.82 Å². The molecule has 1 heterocycles. The van der Waals surface area contributed by atoms with Gasteiger partial charge >= 0.3 is 0 Å². The number of aromatic nitrogens is 1. The van der Waals surface area contributed by atoms with Gasteiger partial charge in [0.15, 0.2) is 5.13 Å². The number of hydrogen-bond donors (Lipinski definition) is 1. The Morgan fingerprint density at radius 2 is 1.81 bits per heavy atom. The number of thiazole rings is 1. The monoisotopic (exact) mass is 437 g/mol. The van der Waals surface area contributed by atoms with E-state index in [1.165, 1.54) is 35.3 Å². The Labute approximate surface area is 185 Å². The largest absolute Gasteiger partial charge is 0.352 e. The molecule has 160 valence electrons.